The molecular formula is C14H17FN4. The third kappa shape index (κ3) is 3.33. The van der Waals surface area contributed by atoms with Gasteiger partial charge in [-0.25, -0.2) is 4.39 Å². The highest BCUT2D eigenvalue weighted by atomic mass is 19.1. The Kier molecular flexibility index (Phi) is 4.54. The van der Waals surface area contributed by atoms with Crippen molar-refractivity contribution in [3.05, 3.63) is 59.4 Å². The molecule has 100 valence electrons. The third-order valence-electron chi connectivity index (χ3n) is 3.03. The average molecular weight is 260 g/mol. The number of nitrogens with zero attached hydrogens (tertiary/aromatic N) is 2. The van der Waals surface area contributed by atoms with Crippen molar-refractivity contribution in [3.8, 4) is 0 Å². The molecule has 0 fully saturated rings. The van der Waals surface area contributed by atoms with Gasteiger partial charge in [-0.1, -0.05) is 13.0 Å². The predicted octanol–water partition coefficient (Wildman–Crippen LogP) is 1.93. The lowest BCUT2D eigenvalue weighted by atomic mass is 10.1. The van der Waals surface area contributed by atoms with E-state index in [1.165, 1.54) is 11.6 Å². The molecule has 2 rings (SSSR count). The molecule has 19 heavy (non-hydrogen) atoms. The van der Waals surface area contributed by atoms with Crippen LogP contribution in [0.5, 0.6) is 0 Å². The second-order valence-electron chi connectivity index (χ2n) is 4.31. The number of hydrogen-bond donors (Lipinski definition) is 2. The lowest BCUT2D eigenvalue weighted by molar-refractivity contribution is 0.491. The number of aromatic nitrogens is 2. The highest BCUT2D eigenvalue weighted by Crippen LogP contribution is 2.17. The maximum atomic E-state index is 13.7. The Morgan fingerprint density at radius 3 is 2.74 bits per heavy atom. The first kappa shape index (κ1) is 13.6. The van der Waals surface area contributed by atoms with E-state index in [2.05, 4.69) is 22.3 Å². The molecule has 0 amide bonds. The summed E-state index contributed by atoms with van der Waals surface area (Å²) < 4.78 is 13.7. The van der Waals surface area contributed by atoms with Gasteiger partial charge in [0.1, 0.15) is 5.82 Å². The Morgan fingerprint density at radius 2 is 2.16 bits per heavy atom. The number of aryl methyl sites for hydroxylation is 1. The fourth-order valence-electron chi connectivity index (χ4n) is 1.88. The molecule has 0 saturated heterocycles. The van der Waals surface area contributed by atoms with Gasteiger partial charge < -0.3 is 0 Å². The van der Waals surface area contributed by atoms with Crippen LogP contribution in [0, 0.1) is 5.82 Å². The zero-order valence-electron chi connectivity index (χ0n) is 10.8. The molecule has 2 aromatic rings. The SMILES string of the molecule is CCc1ccc(CC(NN)c2ncccc2F)nc1. The maximum Gasteiger partial charge on any atom is 0.146 e. The smallest absolute Gasteiger partial charge is 0.146 e. The van der Waals surface area contributed by atoms with Crippen molar-refractivity contribution in [2.75, 3.05) is 0 Å². The van der Waals surface area contributed by atoms with Crippen LogP contribution in [-0.2, 0) is 12.8 Å². The van der Waals surface area contributed by atoms with Gasteiger partial charge in [-0.05, 0) is 30.2 Å². The quantitative estimate of drug-likeness (QED) is 0.637. The van der Waals surface area contributed by atoms with Crippen molar-refractivity contribution in [3.63, 3.8) is 0 Å². The fraction of sp³-hybridized carbons (Fsp3) is 0.286. The van der Waals surface area contributed by atoms with Gasteiger partial charge in [0.05, 0.1) is 11.7 Å². The van der Waals surface area contributed by atoms with E-state index >= 15 is 0 Å². The van der Waals surface area contributed by atoms with Crippen LogP contribution in [0.2, 0.25) is 0 Å². The van der Waals surface area contributed by atoms with Crippen LogP contribution in [0.25, 0.3) is 0 Å². The standard InChI is InChI=1S/C14H17FN4/c1-2-10-5-6-11(18-9-10)8-13(19-16)14-12(15)4-3-7-17-14/h3-7,9,13,19H,2,8,16H2,1H3. The third-order valence-corrected chi connectivity index (χ3v) is 3.03. The van der Waals surface area contributed by atoms with Crippen molar-refractivity contribution in [2.24, 2.45) is 5.84 Å². The molecule has 2 heterocycles. The van der Waals surface area contributed by atoms with E-state index in [0.29, 0.717) is 12.1 Å². The molecule has 0 aliphatic rings. The van der Waals surface area contributed by atoms with Crippen LogP contribution in [0.3, 0.4) is 0 Å². The lowest BCUT2D eigenvalue weighted by Gasteiger charge is -2.15. The first-order chi connectivity index (χ1) is 9.24. The summed E-state index contributed by atoms with van der Waals surface area (Å²) in [6.07, 6.45) is 4.82. The number of nitrogens with two attached hydrogens (primary N) is 1. The molecule has 1 atom stereocenters. The Hall–Kier alpha value is -1.85. The van der Waals surface area contributed by atoms with Crippen LogP contribution >= 0.6 is 0 Å². The molecule has 2 aromatic heterocycles. The zero-order valence-corrected chi connectivity index (χ0v) is 10.8. The fourth-order valence-corrected chi connectivity index (χ4v) is 1.88. The van der Waals surface area contributed by atoms with Crippen molar-refractivity contribution in [1.82, 2.24) is 15.4 Å². The predicted molar refractivity (Wildman–Crippen MR) is 71.6 cm³/mol. The molecule has 0 spiro atoms. The van der Waals surface area contributed by atoms with E-state index in [0.717, 1.165) is 12.1 Å². The molecule has 3 N–H and O–H groups in total. The molecule has 1 unspecified atom stereocenters. The van der Waals surface area contributed by atoms with E-state index in [4.69, 9.17) is 5.84 Å². The van der Waals surface area contributed by atoms with Gasteiger partial charge in [0.2, 0.25) is 0 Å². The van der Waals surface area contributed by atoms with E-state index in [1.54, 1.807) is 12.3 Å². The van der Waals surface area contributed by atoms with Crippen molar-refractivity contribution in [2.45, 2.75) is 25.8 Å². The largest absolute Gasteiger partial charge is 0.271 e. The number of hydrogen-bond acceptors (Lipinski definition) is 4. The van der Waals surface area contributed by atoms with Crippen LogP contribution < -0.4 is 11.3 Å². The highest BCUT2D eigenvalue weighted by Gasteiger charge is 2.16. The van der Waals surface area contributed by atoms with Gasteiger partial charge in [-0.2, -0.15) is 0 Å². The first-order valence-corrected chi connectivity index (χ1v) is 6.25. The number of pyridine rings is 2. The topological polar surface area (TPSA) is 63.8 Å². The van der Waals surface area contributed by atoms with Crippen molar-refractivity contribution >= 4 is 0 Å². The van der Waals surface area contributed by atoms with E-state index in [1.807, 2.05) is 18.3 Å². The summed E-state index contributed by atoms with van der Waals surface area (Å²) in [5.74, 6) is 5.13. The minimum atomic E-state index is -0.388. The molecular weight excluding hydrogens is 243 g/mol. The molecule has 0 aliphatic carbocycles. The van der Waals surface area contributed by atoms with Crippen LogP contribution in [-0.4, -0.2) is 9.97 Å². The Labute approximate surface area is 111 Å². The summed E-state index contributed by atoms with van der Waals surface area (Å²) in [6.45, 7) is 2.07. The van der Waals surface area contributed by atoms with E-state index in [-0.39, 0.29) is 11.9 Å². The summed E-state index contributed by atoms with van der Waals surface area (Å²) in [4.78, 5) is 8.38. The Balaban J connectivity index is 2.17. The number of nitrogens with one attached hydrogen (secondary N) is 1. The van der Waals surface area contributed by atoms with Crippen molar-refractivity contribution in [1.29, 1.82) is 0 Å². The van der Waals surface area contributed by atoms with Gasteiger partial charge in [-0.15, -0.1) is 0 Å². The second-order valence-corrected chi connectivity index (χ2v) is 4.31. The Bertz CT molecular complexity index is 527. The molecule has 4 nitrogen and oxygen atoms in total. The van der Waals surface area contributed by atoms with Gasteiger partial charge in [0.15, 0.2) is 0 Å². The summed E-state index contributed by atoms with van der Waals surface area (Å²) in [5.41, 5.74) is 4.93. The van der Waals surface area contributed by atoms with Gasteiger partial charge in [0.25, 0.3) is 0 Å². The van der Waals surface area contributed by atoms with Gasteiger partial charge in [0, 0.05) is 24.5 Å². The number of halogens is 1. The molecule has 0 bridgehead atoms. The average Bonchev–Trinajstić information content (AvgIpc) is 2.46. The number of rotatable bonds is 5. The molecule has 0 aliphatic heterocycles. The normalized spacial score (nSPS) is 12.4. The van der Waals surface area contributed by atoms with E-state index < -0.39 is 0 Å². The molecule has 0 radical (unpaired) electrons. The highest BCUT2D eigenvalue weighted by molar-refractivity contribution is 5.18. The summed E-state index contributed by atoms with van der Waals surface area (Å²) in [6, 6.07) is 6.50. The Morgan fingerprint density at radius 1 is 1.32 bits per heavy atom. The minimum absolute atomic E-state index is 0.311. The molecule has 0 saturated carbocycles. The van der Waals surface area contributed by atoms with Crippen molar-refractivity contribution < 1.29 is 4.39 Å². The summed E-state index contributed by atoms with van der Waals surface area (Å²) in [5, 5.41) is 0. The van der Waals surface area contributed by atoms with Crippen LogP contribution in [0.1, 0.15) is 29.9 Å². The monoisotopic (exact) mass is 260 g/mol. The van der Waals surface area contributed by atoms with Gasteiger partial charge in [-0.3, -0.25) is 21.2 Å². The zero-order chi connectivity index (χ0) is 13.7. The summed E-state index contributed by atoms with van der Waals surface area (Å²) in [7, 11) is 0. The minimum Gasteiger partial charge on any atom is -0.271 e. The number of hydrazine groups is 1. The van der Waals surface area contributed by atoms with Gasteiger partial charge >= 0.3 is 0 Å². The summed E-state index contributed by atoms with van der Waals surface area (Å²) >= 11 is 0. The first-order valence-electron chi connectivity index (χ1n) is 6.25. The second kappa shape index (κ2) is 6.36. The molecule has 0 aromatic carbocycles. The maximum absolute atomic E-state index is 13.7. The molecule has 5 heteroatoms. The van der Waals surface area contributed by atoms with Crippen LogP contribution in [0.4, 0.5) is 4.39 Å². The van der Waals surface area contributed by atoms with E-state index in [9.17, 15) is 4.39 Å². The van der Waals surface area contributed by atoms with Crippen LogP contribution in [0.15, 0.2) is 36.7 Å². The lowest BCUT2D eigenvalue weighted by Crippen LogP contribution is -2.31.